The average Bonchev–Trinajstić information content (AvgIpc) is 2.40. The van der Waals surface area contributed by atoms with Gasteiger partial charge in [-0.3, -0.25) is 19.3 Å². The van der Waals surface area contributed by atoms with Crippen molar-refractivity contribution in [3.8, 4) is 0 Å². The fraction of sp³-hybridized carbons (Fsp3) is 0.308. The summed E-state index contributed by atoms with van der Waals surface area (Å²) in [6.07, 6.45) is 0.644. The molecule has 94 valence electrons. The largest absolute Gasteiger partial charge is 0.396 e. The molecule has 18 heavy (non-hydrogen) atoms. The number of Topliss-reactive ketones (excluding diaryl/α,β-unsaturated/α-hetero) is 1. The third-order valence-electron chi connectivity index (χ3n) is 3.14. The van der Waals surface area contributed by atoms with Crippen LogP contribution >= 0.6 is 0 Å². The van der Waals surface area contributed by atoms with Crippen LogP contribution in [0.15, 0.2) is 30.3 Å². The van der Waals surface area contributed by atoms with Crippen molar-refractivity contribution in [1.29, 1.82) is 0 Å². The van der Waals surface area contributed by atoms with Crippen LogP contribution in [0.3, 0.4) is 0 Å². The predicted molar refractivity (Wildman–Crippen MR) is 62.7 cm³/mol. The number of nitrogens with zero attached hydrogens (tertiary/aromatic N) is 1. The minimum Gasteiger partial charge on any atom is -0.396 e. The summed E-state index contributed by atoms with van der Waals surface area (Å²) in [6.45, 7) is -0.166. The van der Waals surface area contributed by atoms with E-state index in [1.165, 1.54) is 0 Å². The molecule has 1 aromatic rings. The number of imide groups is 1. The van der Waals surface area contributed by atoms with Gasteiger partial charge in [-0.15, -0.1) is 0 Å². The van der Waals surface area contributed by atoms with E-state index in [0.29, 0.717) is 12.0 Å². The van der Waals surface area contributed by atoms with Gasteiger partial charge in [0.1, 0.15) is 5.92 Å². The van der Waals surface area contributed by atoms with E-state index in [-0.39, 0.29) is 18.8 Å². The van der Waals surface area contributed by atoms with Crippen molar-refractivity contribution in [2.45, 2.75) is 12.5 Å². The van der Waals surface area contributed by atoms with E-state index in [0.717, 1.165) is 4.90 Å². The Labute approximate surface area is 104 Å². The van der Waals surface area contributed by atoms with E-state index < -0.39 is 17.9 Å². The third-order valence-corrected chi connectivity index (χ3v) is 3.14. The zero-order chi connectivity index (χ0) is 13.1. The fourth-order valence-corrected chi connectivity index (χ4v) is 2.20. The SMILES string of the molecule is O=CN1C(=O)[C@@H](C(=O)c2ccccc2)[C@@H]1CCO. The third kappa shape index (κ3) is 1.93. The summed E-state index contributed by atoms with van der Waals surface area (Å²) >= 11 is 0. The van der Waals surface area contributed by atoms with Gasteiger partial charge >= 0.3 is 0 Å². The number of hydrogen-bond donors (Lipinski definition) is 1. The molecule has 0 aromatic heterocycles. The second-order valence-corrected chi connectivity index (χ2v) is 4.14. The molecule has 5 heteroatoms. The van der Waals surface area contributed by atoms with E-state index in [1.807, 2.05) is 0 Å². The molecule has 1 aromatic carbocycles. The van der Waals surface area contributed by atoms with Gasteiger partial charge in [-0.1, -0.05) is 30.3 Å². The lowest BCUT2D eigenvalue weighted by atomic mass is 9.80. The van der Waals surface area contributed by atoms with Gasteiger partial charge in [-0.25, -0.2) is 0 Å². The highest BCUT2D eigenvalue weighted by atomic mass is 16.3. The van der Waals surface area contributed by atoms with Crippen LogP contribution in [0.4, 0.5) is 0 Å². The van der Waals surface area contributed by atoms with Gasteiger partial charge in [0.2, 0.25) is 12.3 Å². The minimum atomic E-state index is -0.843. The van der Waals surface area contributed by atoms with Crippen LogP contribution in [0, 0.1) is 5.92 Å². The smallest absolute Gasteiger partial charge is 0.242 e. The number of benzene rings is 1. The van der Waals surface area contributed by atoms with Gasteiger partial charge in [0, 0.05) is 12.2 Å². The number of aliphatic hydroxyl groups is 1. The maximum Gasteiger partial charge on any atom is 0.242 e. The molecule has 2 atom stereocenters. The van der Waals surface area contributed by atoms with E-state index in [9.17, 15) is 14.4 Å². The number of rotatable bonds is 5. The van der Waals surface area contributed by atoms with Crippen molar-refractivity contribution in [3.63, 3.8) is 0 Å². The first kappa shape index (κ1) is 12.4. The second-order valence-electron chi connectivity index (χ2n) is 4.14. The highest BCUT2D eigenvalue weighted by Crippen LogP contribution is 2.30. The minimum absolute atomic E-state index is 0.166. The summed E-state index contributed by atoms with van der Waals surface area (Å²) in [7, 11) is 0. The monoisotopic (exact) mass is 247 g/mol. The summed E-state index contributed by atoms with van der Waals surface area (Å²) in [5, 5.41) is 8.91. The first-order chi connectivity index (χ1) is 8.70. The number of β-lactam (4-membered cyclic amide) rings is 1. The van der Waals surface area contributed by atoms with Crippen LogP contribution in [-0.2, 0) is 9.59 Å². The van der Waals surface area contributed by atoms with Gasteiger partial charge in [-0.2, -0.15) is 0 Å². The van der Waals surface area contributed by atoms with Crippen LogP contribution in [-0.4, -0.2) is 40.8 Å². The van der Waals surface area contributed by atoms with Crippen LogP contribution in [0.2, 0.25) is 0 Å². The average molecular weight is 247 g/mol. The summed E-state index contributed by atoms with van der Waals surface area (Å²) in [5.41, 5.74) is 0.448. The van der Waals surface area contributed by atoms with Gasteiger partial charge < -0.3 is 5.11 Å². The van der Waals surface area contributed by atoms with Crippen molar-refractivity contribution < 1.29 is 19.5 Å². The maximum absolute atomic E-state index is 12.1. The first-order valence-electron chi connectivity index (χ1n) is 5.68. The summed E-state index contributed by atoms with van der Waals surface area (Å²) in [4.78, 5) is 35.5. The van der Waals surface area contributed by atoms with Crippen molar-refractivity contribution in [2.24, 2.45) is 5.92 Å². The summed E-state index contributed by atoms with van der Waals surface area (Å²) < 4.78 is 0. The quantitative estimate of drug-likeness (QED) is 0.350. The molecular formula is C13H13NO4. The lowest BCUT2D eigenvalue weighted by molar-refractivity contribution is -0.157. The van der Waals surface area contributed by atoms with E-state index in [4.69, 9.17) is 5.11 Å². The van der Waals surface area contributed by atoms with Gasteiger partial charge in [-0.05, 0) is 6.42 Å². The lowest BCUT2D eigenvalue weighted by Crippen LogP contribution is -2.63. The predicted octanol–water partition coefficient (Wildman–Crippen LogP) is 0.235. The molecule has 5 nitrogen and oxygen atoms in total. The number of likely N-dealkylation sites (tertiary alicyclic amines) is 1. The number of amides is 2. The topological polar surface area (TPSA) is 74.7 Å². The number of carbonyl (C=O) groups excluding carboxylic acids is 3. The lowest BCUT2D eigenvalue weighted by Gasteiger charge is -2.42. The number of ketones is 1. The Morgan fingerprint density at radius 2 is 2.00 bits per heavy atom. The van der Waals surface area contributed by atoms with Gasteiger partial charge in [0.05, 0.1) is 6.04 Å². The molecular weight excluding hydrogens is 234 g/mol. The molecule has 2 amide bonds. The first-order valence-corrected chi connectivity index (χ1v) is 5.68. The van der Waals surface area contributed by atoms with Gasteiger partial charge in [0.15, 0.2) is 5.78 Å². The maximum atomic E-state index is 12.1. The molecule has 1 aliphatic rings. The van der Waals surface area contributed by atoms with Crippen LogP contribution in [0.5, 0.6) is 0 Å². The molecule has 1 N–H and O–H groups in total. The molecule has 2 rings (SSSR count). The number of carbonyl (C=O) groups is 3. The molecule has 0 aliphatic carbocycles. The van der Waals surface area contributed by atoms with Gasteiger partial charge in [0.25, 0.3) is 0 Å². The molecule has 1 heterocycles. The van der Waals surface area contributed by atoms with Crippen LogP contribution in [0.1, 0.15) is 16.8 Å². The van der Waals surface area contributed by atoms with Crippen molar-refractivity contribution in [1.82, 2.24) is 4.90 Å². The van der Waals surface area contributed by atoms with Crippen LogP contribution in [0.25, 0.3) is 0 Å². The Morgan fingerprint density at radius 3 is 2.56 bits per heavy atom. The van der Waals surface area contributed by atoms with E-state index in [2.05, 4.69) is 0 Å². The number of aliphatic hydroxyl groups excluding tert-OH is 1. The standard InChI is InChI=1S/C13H13NO4/c15-7-6-10-11(13(18)14(10)8-16)12(17)9-4-2-1-3-5-9/h1-5,8,10-11,15H,6-7H2/t10-,11+/m0/s1. The normalized spacial score (nSPS) is 22.5. The van der Waals surface area contributed by atoms with Crippen molar-refractivity contribution in [2.75, 3.05) is 6.61 Å². The molecule has 0 saturated carbocycles. The van der Waals surface area contributed by atoms with Crippen LogP contribution < -0.4 is 0 Å². The Bertz CT molecular complexity index is 471. The molecule has 0 spiro atoms. The highest BCUT2D eigenvalue weighted by Gasteiger charge is 2.50. The Morgan fingerprint density at radius 1 is 1.33 bits per heavy atom. The summed E-state index contributed by atoms with van der Waals surface area (Å²) in [6, 6.07) is 7.96. The van der Waals surface area contributed by atoms with E-state index in [1.54, 1.807) is 30.3 Å². The summed E-state index contributed by atoms with van der Waals surface area (Å²) in [5.74, 6) is -1.63. The Hall–Kier alpha value is -2.01. The zero-order valence-corrected chi connectivity index (χ0v) is 9.65. The second kappa shape index (κ2) is 5.10. The van der Waals surface area contributed by atoms with Crippen molar-refractivity contribution in [3.05, 3.63) is 35.9 Å². The number of hydrogen-bond acceptors (Lipinski definition) is 4. The molecule has 0 radical (unpaired) electrons. The van der Waals surface area contributed by atoms with Crippen molar-refractivity contribution >= 4 is 18.1 Å². The molecule has 1 saturated heterocycles. The molecule has 0 unspecified atom stereocenters. The molecule has 1 fully saturated rings. The molecule has 0 bridgehead atoms. The highest BCUT2D eigenvalue weighted by molar-refractivity contribution is 6.16. The van der Waals surface area contributed by atoms with E-state index >= 15 is 0 Å². The Balaban J connectivity index is 2.20. The Kier molecular flexibility index (Phi) is 3.53. The molecule has 1 aliphatic heterocycles. The fourth-order valence-electron chi connectivity index (χ4n) is 2.20. The zero-order valence-electron chi connectivity index (χ0n) is 9.65.